The number of aryl methyl sites for hydroxylation is 1. The van der Waals surface area contributed by atoms with Crippen LogP contribution in [0.5, 0.6) is 17.2 Å². The van der Waals surface area contributed by atoms with E-state index in [1.807, 2.05) is 30.3 Å². The number of nitro groups is 1. The molecule has 0 bridgehead atoms. The third-order valence-electron chi connectivity index (χ3n) is 7.10. The molecule has 0 fully saturated rings. The second-order valence-electron chi connectivity index (χ2n) is 9.20. The summed E-state index contributed by atoms with van der Waals surface area (Å²) in [4.78, 5) is 30.1. The zero-order valence-corrected chi connectivity index (χ0v) is 21.9. The molecule has 0 saturated heterocycles. The Labute approximate surface area is 226 Å². The number of nitro benzene ring substituents is 1. The Bertz CT molecular complexity index is 1870. The lowest BCUT2D eigenvalue weighted by Crippen LogP contribution is -2.39. The van der Waals surface area contributed by atoms with Crippen molar-refractivity contribution in [3.8, 4) is 17.2 Å². The van der Waals surface area contributed by atoms with Crippen molar-refractivity contribution in [2.24, 2.45) is 4.99 Å². The minimum absolute atomic E-state index is 0.0686. The van der Waals surface area contributed by atoms with Crippen LogP contribution in [0.15, 0.2) is 76.0 Å². The molecule has 10 heteroatoms. The maximum Gasteiger partial charge on any atom is 0.271 e. The van der Waals surface area contributed by atoms with E-state index in [1.165, 1.54) is 17.7 Å². The van der Waals surface area contributed by atoms with E-state index >= 15 is 0 Å². The molecule has 4 aromatic rings. The highest BCUT2D eigenvalue weighted by Gasteiger charge is 2.34. The number of thiazole rings is 1. The van der Waals surface area contributed by atoms with Crippen molar-refractivity contribution in [2.45, 2.75) is 18.9 Å². The average Bonchev–Trinajstić information content (AvgIpc) is 3.26. The number of allylic oxidation sites excluding steroid dienone is 1. The van der Waals surface area contributed by atoms with Crippen molar-refractivity contribution >= 4 is 28.8 Å². The van der Waals surface area contributed by atoms with Gasteiger partial charge in [0.25, 0.3) is 11.2 Å². The Hall–Kier alpha value is -4.70. The first-order valence-corrected chi connectivity index (χ1v) is 13.0. The van der Waals surface area contributed by atoms with Crippen LogP contribution in [0, 0.1) is 10.1 Å². The van der Waals surface area contributed by atoms with Crippen LogP contribution >= 0.6 is 11.3 Å². The lowest BCUT2D eigenvalue weighted by molar-refractivity contribution is -0.385. The van der Waals surface area contributed by atoms with E-state index in [1.54, 1.807) is 24.9 Å². The maximum absolute atomic E-state index is 14.0. The van der Waals surface area contributed by atoms with Crippen LogP contribution in [0.1, 0.15) is 34.7 Å². The third kappa shape index (κ3) is 4.09. The van der Waals surface area contributed by atoms with Crippen molar-refractivity contribution in [1.29, 1.82) is 0 Å². The standard InChI is InChI=1S/C29H23N3O6S/c1-37-19-9-12-24(38-2)22(15-19)27-21-10-7-16-5-3-4-6-20(16)26(21)30-29-31(27)28(34)25(39-29)14-17-13-18(32(35)36)8-11-23(17)33/h3-6,8-9,11-15,27,33H,7,10H2,1-2H3/p-1/b25-14+/t27-/m1/s1. The molecule has 0 saturated carbocycles. The fraction of sp³-hybridized carbons (Fsp3) is 0.172. The number of fused-ring (bicyclic) bond motifs is 3. The summed E-state index contributed by atoms with van der Waals surface area (Å²) >= 11 is 1.15. The molecule has 196 valence electrons. The molecule has 39 heavy (non-hydrogen) atoms. The Morgan fingerprint density at radius 2 is 1.90 bits per heavy atom. The number of methoxy groups -OCH3 is 2. The van der Waals surface area contributed by atoms with Gasteiger partial charge < -0.3 is 14.6 Å². The molecule has 2 aliphatic rings. The molecule has 1 aliphatic carbocycles. The highest BCUT2D eigenvalue weighted by molar-refractivity contribution is 7.07. The summed E-state index contributed by atoms with van der Waals surface area (Å²) in [5, 5.41) is 23.8. The summed E-state index contributed by atoms with van der Waals surface area (Å²) in [6.45, 7) is 0. The molecule has 1 aromatic heterocycles. The zero-order valence-electron chi connectivity index (χ0n) is 21.0. The number of non-ortho nitro benzene ring substituents is 1. The maximum atomic E-state index is 14.0. The fourth-order valence-corrected chi connectivity index (χ4v) is 6.25. The van der Waals surface area contributed by atoms with Gasteiger partial charge in [-0.1, -0.05) is 41.7 Å². The largest absolute Gasteiger partial charge is 0.872 e. The number of hydrogen-bond donors (Lipinski definition) is 0. The molecule has 6 rings (SSSR count). The van der Waals surface area contributed by atoms with Crippen molar-refractivity contribution in [1.82, 2.24) is 4.57 Å². The van der Waals surface area contributed by atoms with E-state index in [9.17, 15) is 20.0 Å². The molecule has 1 atom stereocenters. The van der Waals surface area contributed by atoms with Gasteiger partial charge in [0.15, 0.2) is 4.80 Å². The van der Waals surface area contributed by atoms with Crippen molar-refractivity contribution in [3.63, 3.8) is 0 Å². The van der Waals surface area contributed by atoms with E-state index in [2.05, 4.69) is 6.07 Å². The number of nitrogens with zero attached hydrogens (tertiary/aromatic N) is 3. The third-order valence-corrected chi connectivity index (χ3v) is 8.08. The van der Waals surface area contributed by atoms with Crippen LogP contribution in [-0.4, -0.2) is 23.7 Å². The van der Waals surface area contributed by atoms with Gasteiger partial charge in [-0.25, -0.2) is 4.99 Å². The van der Waals surface area contributed by atoms with Gasteiger partial charge in [0, 0.05) is 23.3 Å². The quantitative estimate of drug-likeness (QED) is 0.283. The van der Waals surface area contributed by atoms with Crippen molar-refractivity contribution < 1.29 is 19.5 Å². The number of hydrogen-bond acceptors (Lipinski definition) is 8. The van der Waals surface area contributed by atoms with Crippen LogP contribution in [0.25, 0.3) is 11.8 Å². The van der Waals surface area contributed by atoms with Crippen LogP contribution < -0.4 is 29.5 Å². The summed E-state index contributed by atoms with van der Waals surface area (Å²) < 4.78 is 13.1. The average molecular weight is 541 g/mol. The van der Waals surface area contributed by atoms with Gasteiger partial charge in [-0.05, 0) is 53.8 Å². The molecule has 3 aromatic carbocycles. The van der Waals surface area contributed by atoms with Gasteiger partial charge in [-0.2, -0.15) is 0 Å². The molecule has 9 nitrogen and oxygen atoms in total. The SMILES string of the molecule is COc1ccc(OC)c([C@H]2C3=C(N=c4s/c(=C/c5cc([N+](=O)[O-])ccc5[O-])c(=O)n42)c2ccccc2CC3)c1. The topological polar surface area (TPSA) is 119 Å². The molecule has 0 radical (unpaired) electrons. The summed E-state index contributed by atoms with van der Waals surface area (Å²) in [6, 6.07) is 16.5. The van der Waals surface area contributed by atoms with E-state index < -0.39 is 16.7 Å². The summed E-state index contributed by atoms with van der Waals surface area (Å²) in [5.41, 5.74) is 4.26. The zero-order chi connectivity index (χ0) is 27.3. The Balaban J connectivity index is 1.65. The first kappa shape index (κ1) is 24.6. The van der Waals surface area contributed by atoms with Crippen LogP contribution in [0.4, 0.5) is 5.69 Å². The van der Waals surface area contributed by atoms with Gasteiger partial charge >= 0.3 is 0 Å². The van der Waals surface area contributed by atoms with Gasteiger partial charge in [0.1, 0.15) is 11.5 Å². The summed E-state index contributed by atoms with van der Waals surface area (Å²) in [6.07, 6.45) is 2.90. The minimum atomic E-state index is -0.571. The summed E-state index contributed by atoms with van der Waals surface area (Å²) in [5.74, 6) is 0.810. The first-order chi connectivity index (χ1) is 18.9. The van der Waals surface area contributed by atoms with Crippen molar-refractivity contribution in [3.05, 3.63) is 118 Å². The second kappa shape index (κ2) is 9.55. The highest BCUT2D eigenvalue weighted by atomic mass is 32.1. The monoisotopic (exact) mass is 540 g/mol. The lowest BCUT2D eigenvalue weighted by Gasteiger charge is -2.31. The Morgan fingerprint density at radius 3 is 2.67 bits per heavy atom. The highest BCUT2D eigenvalue weighted by Crippen LogP contribution is 2.44. The van der Waals surface area contributed by atoms with E-state index in [4.69, 9.17) is 14.5 Å². The number of aromatic nitrogens is 1. The van der Waals surface area contributed by atoms with Crippen LogP contribution in [-0.2, 0) is 6.42 Å². The molecule has 2 heterocycles. The number of rotatable bonds is 5. The number of ether oxygens (including phenoxy) is 2. The minimum Gasteiger partial charge on any atom is -0.872 e. The normalized spacial score (nSPS) is 16.2. The number of benzene rings is 3. The van der Waals surface area contributed by atoms with Gasteiger partial charge in [0.2, 0.25) is 0 Å². The van der Waals surface area contributed by atoms with E-state index in [-0.39, 0.29) is 21.3 Å². The van der Waals surface area contributed by atoms with Crippen LogP contribution in [0.2, 0.25) is 0 Å². The summed E-state index contributed by atoms with van der Waals surface area (Å²) in [7, 11) is 3.16. The molecular weight excluding hydrogens is 518 g/mol. The van der Waals surface area contributed by atoms with Gasteiger partial charge in [0.05, 0.1) is 35.4 Å². The molecule has 0 amide bonds. The predicted molar refractivity (Wildman–Crippen MR) is 145 cm³/mol. The molecular formula is C29H22N3O6S-. The molecule has 0 spiro atoms. The predicted octanol–water partition coefficient (Wildman–Crippen LogP) is 3.32. The lowest BCUT2D eigenvalue weighted by atomic mass is 9.83. The van der Waals surface area contributed by atoms with Crippen LogP contribution in [0.3, 0.4) is 0 Å². The van der Waals surface area contributed by atoms with E-state index in [0.29, 0.717) is 22.7 Å². The van der Waals surface area contributed by atoms with Gasteiger partial charge in [-0.15, -0.1) is 5.75 Å². The molecule has 0 N–H and O–H groups in total. The Kier molecular flexibility index (Phi) is 6.03. The van der Waals surface area contributed by atoms with E-state index in [0.717, 1.165) is 52.3 Å². The fourth-order valence-electron chi connectivity index (χ4n) is 5.26. The first-order valence-electron chi connectivity index (χ1n) is 12.2. The molecule has 1 aliphatic heterocycles. The second-order valence-corrected chi connectivity index (χ2v) is 10.2. The Morgan fingerprint density at radius 1 is 1.08 bits per heavy atom. The molecule has 0 unspecified atom stereocenters. The van der Waals surface area contributed by atoms with Crippen molar-refractivity contribution in [2.75, 3.05) is 14.2 Å². The smallest absolute Gasteiger partial charge is 0.271 e. The van der Waals surface area contributed by atoms with Gasteiger partial charge in [-0.3, -0.25) is 19.5 Å².